The molecule has 0 rings (SSSR count). The van der Waals surface area contributed by atoms with Crippen LogP contribution in [0.2, 0.25) is 0 Å². The van der Waals surface area contributed by atoms with Gasteiger partial charge in [-0.2, -0.15) is 0 Å². The zero-order valence-corrected chi connectivity index (χ0v) is 14.7. The van der Waals surface area contributed by atoms with Crippen molar-refractivity contribution in [1.82, 2.24) is 0 Å². The van der Waals surface area contributed by atoms with Crippen LogP contribution in [0.5, 0.6) is 0 Å². The second kappa shape index (κ2) is 12.0. The first-order chi connectivity index (χ1) is 10.6. The fourth-order valence-electron chi connectivity index (χ4n) is 0.440. The lowest BCUT2D eigenvalue weighted by molar-refractivity contribution is -0.172. The molecule has 138 valence electrons. The Hall–Kier alpha value is -2.48. The molecule has 0 aromatic heterocycles. The quantitative estimate of drug-likeness (QED) is 0.397. The number of hydrogen-bond acceptors (Lipinski definition) is 6. The molecule has 0 saturated carbocycles. The number of aliphatic hydroxyl groups excluding tert-OH is 1. The highest BCUT2D eigenvalue weighted by atomic mass is 16.6. The minimum atomic E-state index is -1.03. The summed E-state index contributed by atoms with van der Waals surface area (Å²) in [6, 6.07) is 0. The van der Waals surface area contributed by atoms with E-state index in [0.717, 1.165) is 12.2 Å². The Kier molecular flexibility index (Phi) is 13.2. The number of carboxylic acids is 2. The third kappa shape index (κ3) is 15.9. The van der Waals surface area contributed by atoms with Crippen LogP contribution in [0.4, 0.5) is 0 Å². The summed E-state index contributed by atoms with van der Waals surface area (Å²) in [6.45, 7) is 13.6. The van der Waals surface area contributed by atoms with Crippen LogP contribution in [0.25, 0.3) is 0 Å². The van der Waals surface area contributed by atoms with E-state index in [0.29, 0.717) is 0 Å². The van der Waals surface area contributed by atoms with Crippen LogP contribution in [0, 0.1) is 10.8 Å². The first-order valence-electron chi connectivity index (χ1n) is 6.74. The van der Waals surface area contributed by atoms with E-state index in [1.807, 2.05) is 0 Å². The maximum Gasteiger partial charge on any atom is 0.327 e. The highest BCUT2D eigenvalue weighted by molar-refractivity contribution is 5.90. The molecule has 8 nitrogen and oxygen atoms in total. The molecule has 8 heteroatoms. The van der Waals surface area contributed by atoms with Crippen molar-refractivity contribution in [3.05, 3.63) is 25.3 Å². The molecule has 0 unspecified atom stereocenters. The third-order valence-electron chi connectivity index (χ3n) is 2.09. The fourth-order valence-corrected chi connectivity index (χ4v) is 0.440. The van der Waals surface area contributed by atoms with Gasteiger partial charge in [0.15, 0.2) is 0 Å². The lowest BCUT2D eigenvalue weighted by Crippen LogP contribution is -2.35. The third-order valence-corrected chi connectivity index (χ3v) is 2.09. The Morgan fingerprint density at radius 3 is 1.33 bits per heavy atom. The predicted molar refractivity (Wildman–Crippen MR) is 87.1 cm³/mol. The van der Waals surface area contributed by atoms with E-state index in [9.17, 15) is 19.2 Å². The molecule has 0 spiro atoms. The van der Waals surface area contributed by atoms with E-state index in [-0.39, 0.29) is 6.61 Å². The highest BCUT2D eigenvalue weighted by Crippen LogP contribution is 2.20. The van der Waals surface area contributed by atoms with Crippen molar-refractivity contribution in [1.29, 1.82) is 0 Å². The number of esters is 2. The highest BCUT2D eigenvalue weighted by Gasteiger charge is 2.34. The Morgan fingerprint density at radius 1 is 0.875 bits per heavy atom. The van der Waals surface area contributed by atoms with E-state index in [1.54, 1.807) is 20.8 Å². The van der Waals surface area contributed by atoms with Gasteiger partial charge in [0.2, 0.25) is 0 Å². The molecule has 0 bridgehead atoms. The number of aliphatic hydroxyl groups is 1. The second-order valence-corrected chi connectivity index (χ2v) is 6.05. The van der Waals surface area contributed by atoms with E-state index in [2.05, 4.69) is 17.9 Å². The number of aliphatic carboxylic acids is 2. The minimum absolute atomic E-state index is 0.344. The van der Waals surface area contributed by atoms with Gasteiger partial charge in [0, 0.05) is 12.2 Å². The zero-order chi connectivity index (χ0) is 20.1. The number of ether oxygens (including phenoxy) is 1. The largest absolute Gasteiger partial charge is 0.478 e. The summed E-state index contributed by atoms with van der Waals surface area (Å²) in [5, 5.41) is 24.1. The Bertz CT molecular complexity index is 451. The van der Waals surface area contributed by atoms with Gasteiger partial charge < -0.3 is 20.1 Å². The SMILES string of the molecule is C=CC(=O)O.C=CC(=O)O.CC(C)(C)C(=O)OC(=O)C(C)(C)CO. The van der Waals surface area contributed by atoms with Crippen LogP contribution in [0.15, 0.2) is 25.3 Å². The Morgan fingerprint density at radius 2 is 1.17 bits per heavy atom. The van der Waals surface area contributed by atoms with Crippen molar-refractivity contribution in [2.45, 2.75) is 34.6 Å². The van der Waals surface area contributed by atoms with E-state index in [1.165, 1.54) is 13.8 Å². The predicted octanol–water partition coefficient (Wildman–Crippen LogP) is 1.63. The normalized spacial score (nSPS) is 9.92. The van der Waals surface area contributed by atoms with Gasteiger partial charge in [-0.15, -0.1) is 0 Å². The van der Waals surface area contributed by atoms with Crippen molar-refractivity contribution in [2.24, 2.45) is 10.8 Å². The summed E-state index contributed by atoms with van der Waals surface area (Å²) in [6.07, 6.45) is 1.67. The van der Waals surface area contributed by atoms with Gasteiger partial charge in [0.25, 0.3) is 0 Å². The summed E-state index contributed by atoms with van der Waals surface area (Å²) in [5.74, 6) is -3.24. The van der Waals surface area contributed by atoms with Gasteiger partial charge in [-0.05, 0) is 34.6 Å². The van der Waals surface area contributed by atoms with E-state index >= 15 is 0 Å². The first kappa shape index (κ1) is 26.4. The fraction of sp³-hybridized carbons (Fsp3) is 0.500. The molecule has 0 saturated heterocycles. The average molecular weight is 346 g/mol. The molecule has 3 N–H and O–H groups in total. The summed E-state index contributed by atoms with van der Waals surface area (Å²) >= 11 is 0. The van der Waals surface area contributed by atoms with Gasteiger partial charge in [-0.1, -0.05) is 13.2 Å². The number of rotatable bonds is 4. The minimum Gasteiger partial charge on any atom is -0.478 e. The monoisotopic (exact) mass is 346 g/mol. The number of carboxylic acid groups (broad SMARTS) is 2. The van der Waals surface area contributed by atoms with Gasteiger partial charge >= 0.3 is 23.9 Å². The van der Waals surface area contributed by atoms with Crippen LogP contribution in [0.1, 0.15) is 34.6 Å². The van der Waals surface area contributed by atoms with Crippen molar-refractivity contribution in [2.75, 3.05) is 6.61 Å². The molecule has 0 aliphatic rings. The maximum absolute atomic E-state index is 11.3. The lowest BCUT2D eigenvalue weighted by Gasteiger charge is -2.22. The maximum atomic E-state index is 11.3. The molecule has 0 aromatic rings. The van der Waals surface area contributed by atoms with Gasteiger partial charge in [-0.3, -0.25) is 9.59 Å². The number of hydrogen-bond donors (Lipinski definition) is 3. The van der Waals surface area contributed by atoms with E-state index < -0.39 is 34.7 Å². The van der Waals surface area contributed by atoms with Gasteiger partial charge in [0.05, 0.1) is 17.4 Å². The molecule has 0 aliphatic heterocycles. The molecular weight excluding hydrogens is 320 g/mol. The summed E-state index contributed by atoms with van der Waals surface area (Å²) < 4.78 is 4.63. The number of carbonyl (C=O) groups is 4. The standard InChI is InChI=1S/C10H18O4.2C3H4O2/c1-9(2,3)7(12)14-8(13)10(4,5)6-11;2*1-2-3(4)5/h11H,6H2,1-5H3;2*2H,1H2,(H,4,5). The number of carbonyl (C=O) groups excluding carboxylic acids is 2. The van der Waals surface area contributed by atoms with Crippen LogP contribution < -0.4 is 0 Å². The van der Waals surface area contributed by atoms with Crippen LogP contribution in [0.3, 0.4) is 0 Å². The summed E-state index contributed by atoms with van der Waals surface area (Å²) in [4.78, 5) is 41.2. The Labute approximate surface area is 141 Å². The molecule has 0 aromatic carbocycles. The van der Waals surface area contributed by atoms with Crippen LogP contribution in [-0.4, -0.2) is 45.8 Å². The van der Waals surface area contributed by atoms with Crippen LogP contribution in [-0.2, 0) is 23.9 Å². The smallest absolute Gasteiger partial charge is 0.327 e. The zero-order valence-electron chi connectivity index (χ0n) is 14.7. The topological polar surface area (TPSA) is 138 Å². The van der Waals surface area contributed by atoms with Crippen molar-refractivity contribution in [3.8, 4) is 0 Å². The summed E-state index contributed by atoms with van der Waals surface area (Å²) in [7, 11) is 0. The molecular formula is C16H26O8. The molecule has 0 fully saturated rings. The molecule has 0 heterocycles. The van der Waals surface area contributed by atoms with Crippen LogP contribution >= 0.6 is 0 Å². The van der Waals surface area contributed by atoms with Crippen molar-refractivity contribution >= 4 is 23.9 Å². The molecule has 0 radical (unpaired) electrons. The summed E-state index contributed by atoms with van der Waals surface area (Å²) in [5.41, 5.74) is -1.73. The van der Waals surface area contributed by atoms with E-state index in [4.69, 9.17) is 15.3 Å². The molecule has 0 amide bonds. The van der Waals surface area contributed by atoms with Crippen molar-refractivity contribution in [3.63, 3.8) is 0 Å². The van der Waals surface area contributed by atoms with Crippen molar-refractivity contribution < 1.29 is 39.2 Å². The Balaban J connectivity index is -0.000000361. The van der Waals surface area contributed by atoms with Gasteiger partial charge in [0.1, 0.15) is 0 Å². The average Bonchev–Trinajstić information content (AvgIpc) is 2.47. The second-order valence-electron chi connectivity index (χ2n) is 6.05. The molecule has 0 atom stereocenters. The van der Waals surface area contributed by atoms with Gasteiger partial charge in [-0.25, -0.2) is 9.59 Å². The molecule has 24 heavy (non-hydrogen) atoms. The lowest BCUT2D eigenvalue weighted by atomic mass is 9.94. The molecule has 0 aliphatic carbocycles. The first-order valence-corrected chi connectivity index (χ1v) is 6.74.